The first-order chi connectivity index (χ1) is 18.0. The van der Waals surface area contributed by atoms with E-state index in [1.165, 1.54) is 12.1 Å². The molecule has 9 heteroatoms. The van der Waals surface area contributed by atoms with Gasteiger partial charge in [0.2, 0.25) is 0 Å². The summed E-state index contributed by atoms with van der Waals surface area (Å²) >= 11 is 0. The molecule has 4 heterocycles. The highest BCUT2D eigenvalue weighted by molar-refractivity contribution is 5.97. The average molecular weight is 494 g/mol. The van der Waals surface area contributed by atoms with Crippen LogP contribution in [0, 0.1) is 11.6 Å². The Morgan fingerprint density at radius 1 is 0.973 bits per heavy atom. The topological polar surface area (TPSA) is 95.2 Å². The fourth-order valence-electron chi connectivity index (χ4n) is 4.29. The average Bonchev–Trinajstić information content (AvgIpc) is 3.52. The molecular formula is C28H21F2N7. The fraction of sp³-hybridized carbons (Fsp3) is 0.0714. The van der Waals surface area contributed by atoms with E-state index in [4.69, 9.17) is 4.98 Å². The number of allylic oxidation sites excluding steroid dienone is 1. The molecule has 0 bridgehead atoms. The minimum atomic E-state index is -0.411. The van der Waals surface area contributed by atoms with Gasteiger partial charge < -0.3 is 10.3 Å². The maximum absolute atomic E-state index is 15.1. The van der Waals surface area contributed by atoms with Gasteiger partial charge in [0.15, 0.2) is 5.82 Å². The summed E-state index contributed by atoms with van der Waals surface area (Å²) in [5.74, 6) is -0.339. The number of benzene rings is 2. The van der Waals surface area contributed by atoms with Crippen LogP contribution in [0.25, 0.3) is 55.8 Å². The Balaban J connectivity index is 1.47. The third-order valence-corrected chi connectivity index (χ3v) is 6.20. The second kappa shape index (κ2) is 8.94. The predicted octanol–water partition coefficient (Wildman–Crippen LogP) is 6.84. The number of hydrogen-bond acceptors (Lipinski definition) is 5. The summed E-state index contributed by atoms with van der Waals surface area (Å²) in [6, 6.07) is 13.2. The molecule has 4 aromatic heterocycles. The van der Waals surface area contributed by atoms with E-state index < -0.39 is 5.82 Å². The number of imidazole rings is 1. The number of nitrogens with zero attached hydrogens (tertiary/aromatic N) is 4. The molecule has 0 radical (unpaired) electrons. The summed E-state index contributed by atoms with van der Waals surface area (Å²) in [6.45, 7) is 5.95. The van der Waals surface area contributed by atoms with Gasteiger partial charge in [0, 0.05) is 46.2 Å². The van der Waals surface area contributed by atoms with Gasteiger partial charge in [0.1, 0.15) is 28.5 Å². The van der Waals surface area contributed by atoms with Gasteiger partial charge in [0.25, 0.3) is 0 Å². The van der Waals surface area contributed by atoms with E-state index in [-0.39, 0.29) is 5.82 Å². The highest BCUT2D eigenvalue weighted by Crippen LogP contribution is 2.34. The summed E-state index contributed by atoms with van der Waals surface area (Å²) in [6.07, 6.45) is 5.63. The smallest absolute Gasteiger partial charge is 0.159 e. The van der Waals surface area contributed by atoms with E-state index >= 15 is 4.39 Å². The number of rotatable bonds is 6. The quantitative estimate of drug-likeness (QED) is 0.236. The van der Waals surface area contributed by atoms with Gasteiger partial charge in [-0.2, -0.15) is 5.10 Å². The number of aromatic nitrogens is 6. The van der Waals surface area contributed by atoms with Crippen molar-refractivity contribution in [3.05, 3.63) is 91.0 Å². The van der Waals surface area contributed by atoms with Gasteiger partial charge in [-0.25, -0.2) is 13.8 Å². The molecule has 7 nitrogen and oxygen atoms in total. The summed E-state index contributed by atoms with van der Waals surface area (Å²) in [5.41, 5.74) is 5.54. The normalized spacial score (nSPS) is 11.3. The predicted molar refractivity (Wildman–Crippen MR) is 141 cm³/mol. The Kier molecular flexibility index (Phi) is 5.45. The monoisotopic (exact) mass is 493 g/mol. The fourth-order valence-corrected chi connectivity index (χ4v) is 4.29. The molecule has 6 aromatic rings. The van der Waals surface area contributed by atoms with Crippen molar-refractivity contribution >= 4 is 27.6 Å². The first kappa shape index (κ1) is 22.5. The third kappa shape index (κ3) is 4.00. The van der Waals surface area contributed by atoms with Gasteiger partial charge in [0.05, 0.1) is 22.9 Å². The molecule has 0 saturated carbocycles. The van der Waals surface area contributed by atoms with Crippen LogP contribution in [0.2, 0.25) is 0 Å². The van der Waals surface area contributed by atoms with Crippen LogP contribution in [-0.4, -0.2) is 30.1 Å². The van der Waals surface area contributed by atoms with Crippen molar-refractivity contribution in [3.63, 3.8) is 0 Å². The second-order valence-electron chi connectivity index (χ2n) is 8.62. The molecule has 3 N–H and O–H groups in total. The number of hydrogen-bond donors (Lipinski definition) is 3. The lowest BCUT2D eigenvalue weighted by Crippen LogP contribution is -1.97. The van der Waals surface area contributed by atoms with Crippen LogP contribution in [0.1, 0.15) is 13.3 Å². The molecule has 0 aliphatic carbocycles. The molecule has 37 heavy (non-hydrogen) atoms. The van der Waals surface area contributed by atoms with Crippen molar-refractivity contribution in [3.8, 4) is 33.9 Å². The number of aromatic amines is 2. The first-order valence-electron chi connectivity index (χ1n) is 11.7. The maximum Gasteiger partial charge on any atom is 0.159 e. The molecule has 0 unspecified atom stereocenters. The Hall–Kier alpha value is -4.92. The lowest BCUT2D eigenvalue weighted by atomic mass is 10.0. The summed E-state index contributed by atoms with van der Waals surface area (Å²) in [7, 11) is 0. The molecule has 182 valence electrons. The highest BCUT2D eigenvalue weighted by Gasteiger charge is 2.19. The van der Waals surface area contributed by atoms with Crippen molar-refractivity contribution in [2.75, 3.05) is 5.32 Å². The Bertz CT molecular complexity index is 1800. The zero-order valence-electron chi connectivity index (χ0n) is 19.8. The van der Waals surface area contributed by atoms with Gasteiger partial charge in [-0.3, -0.25) is 15.1 Å². The van der Waals surface area contributed by atoms with Gasteiger partial charge in [-0.15, -0.1) is 0 Å². The van der Waals surface area contributed by atoms with Crippen molar-refractivity contribution in [1.29, 1.82) is 0 Å². The van der Waals surface area contributed by atoms with E-state index in [1.807, 2.05) is 13.0 Å². The molecule has 0 aliphatic heterocycles. The van der Waals surface area contributed by atoms with E-state index in [9.17, 15) is 4.39 Å². The Labute approximate surface area is 210 Å². The molecule has 0 amide bonds. The van der Waals surface area contributed by atoms with Crippen molar-refractivity contribution in [2.45, 2.75) is 13.3 Å². The zero-order valence-corrected chi connectivity index (χ0v) is 19.8. The van der Waals surface area contributed by atoms with Gasteiger partial charge in [-0.1, -0.05) is 25.6 Å². The van der Waals surface area contributed by atoms with Gasteiger partial charge >= 0.3 is 0 Å². The highest BCUT2D eigenvalue weighted by atomic mass is 19.1. The molecule has 0 saturated heterocycles. The third-order valence-electron chi connectivity index (χ3n) is 6.20. The van der Waals surface area contributed by atoms with Crippen LogP contribution in [-0.2, 0) is 0 Å². The SMILES string of the molecule is C=C(CC)Nc1cncc(-c2cc3c(-c4nc5c(-c6ccccc6F)nccc5[nH]4)n[nH]c3cc2F)c1. The molecule has 0 atom stereocenters. The minimum absolute atomic E-state index is 0.356. The number of halogens is 2. The maximum atomic E-state index is 15.1. The summed E-state index contributed by atoms with van der Waals surface area (Å²) in [4.78, 5) is 16.6. The molecule has 0 spiro atoms. The van der Waals surface area contributed by atoms with E-state index in [1.54, 1.807) is 48.9 Å². The Morgan fingerprint density at radius 3 is 2.68 bits per heavy atom. The van der Waals surface area contributed by atoms with Crippen LogP contribution in [0.5, 0.6) is 0 Å². The van der Waals surface area contributed by atoms with Crippen molar-refractivity contribution in [1.82, 2.24) is 30.1 Å². The molecule has 0 aliphatic rings. The number of H-pyrrole nitrogens is 2. The molecule has 6 rings (SSSR count). The van der Waals surface area contributed by atoms with Crippen LogP contribution in [0.3, 0.4) is 0 Å². The van der Waals surface area contributed by atoms with Crippen molar-refractivity contribution in [2.24, 2.45) is 0 Å². The van der Waals surface area contributed by atoms with E-state index in [2.05, 4.69) is 37.0 Å². The van der Waals surface area contributed by atoms with Crippen LogP contribution < -0.4 is 5.32 Å². The van der Waals surface area contributed by atoms with Crippen LogP contribution in [0.4, 0.5) is 14.5 Å². The largest absolute Gasteiger partial charge is 0.358 e. The summed E-state index contributed by atoms with van der Waals surface area (Å²) in [5, 5.41) is 11.1. The van der Waals surface area contributed by atoms with E-state index in [0.717, 1.165) is 17.8 Å². The lowest BCUT2D eigenvalue weighted by Gasteiger charge is -2.10. The lowest BCUT2D eigenvalue weighted by molar-refractivity contribution is 0.631. The number of pyridine rings is 2. The number of fused-ring (bicyclic) bond motifs is 2. The number of nitrogens with one attached hydrogen (secondary N) is 3. The van der Waals surface area contributed by atoms with E-state index in [0.29, 0.717) is 55.8 Å². The standard InChI is InChI=1S/C28H21F2N7/c1-3-15(2)33-17-10-16(13-31-14-17)19-11-20-24(12-22(19)30)36-37-26(20)28-34-23-8-9-32-25(27(23)35-28)18-6-4-5-7-21(18)29/h4-14,33H,2-3H2,1H3,(H,34,35)(H,36,37). The first-order valence-corrected chi connectivity index (χ1v) is 11.7. The minimum Gasteiger partial charge on any atom is -0.358 e. The zero-order chi connectivity index (χ0) is 25.5. The van der Waals surface area contributed by atoms with Gasteiger partial charge in [-0.05, 0) is 36.8 Å². The molecule has 2 aromatic carbocycles. The molecular weight excluding hydrogens is 472 g/mol. The summed E-state index contributed by atoms with van der Waals surface area (Å²) < 4.78 is 29.7. The second-order valence-corrected chi connectivity index (χ2v) is 8.62. The number of anilines is 1. The Morgan fingerprint density at radius 2 is 1.84 bits per heavy atom. The van der Waals surface area contributed by atoms with Crippen LogP contribution >= 0.6 is 0 Å². The van der Waals surface area contributed by atoms with Crippen LogP contribution in [0.15, 0.2) is 79.4 Å². The molecule has 0 fully saturated rings. The van der Waals surface area contributed by atoms with Crippen molar-refractivity contribution < 1.29 is 8.78 Å².